The molecule has 1 aromatic heterocycles. The molecule has 6 nitrogen and oxygen atoms in total. The number of carbonyl (C=O) groups excluding carboxylic acids is 2. The topological polar surface area (TPSA) is 77.5 Å². The van der Waals surface area contributed by atoms with Crippen LogP contribution < -0.4 is 10.1 Å². The van der Waals surface area contributed by atoms with Crippen LogP contribution in [-0.2, 0) is 4.74 Å². The predicted molar refractivity (Wildman–Crippen MR) is 79.1 cm³/mol. The van der Waals surface area contributed by atoms with Gasteiger partial charge in [0.05, 0.1) is 25.5 Å². The minimum absolute atomic E-state index is 0.337. The Morgan fingerprint density at radius 1 is 1.24 bits per heavy atom. The smallest absolute Gasteiger partial charge is 0.350 e. The van der Waals surface area contributed by atoms with E-state index in [0.29, 0.717) is 27.0 Å². The summed E-state index contributed by atoms with van der Waals surface area (Å²) in [5, 5.41) is 2.99. The first-order valence-electron chi connectivity index (χ1n) is 6.07. The van der Waals surface area contributed by atoms with Gasteiger partial charge in [0, 0.05) is 0 Å². The van der Waals surface area contributed by atoms with Crippen molar-refractivity contribution in [1.29, 1.82) is 0 Å². The highest BCUT2D eigenvalue weighted by Gasteiger charge is 2.18. The van der Waals surface area contributed by atoms with Crippen molar-refractivity contribution in [2.24, 2.45) is 0 Å². The van der Waals surface area contributed by atoms with Gasteiger partial charge in [0.1, 0.15) is 10.6 Å². The Morgan fingerprint density at radius 2 is 1.95 bits per heavy atom. The van der Waals surface area contributed by atoms with Crippen molar-refractivity contribution in [3.63, 3.8) is 0 Å². The van der Waals surface area contributed by atoms with Crippen molar-refractivity contribution in [3.05, 3.63) is 40.4 Å². The Morgan fingerprint density at radius 3 is 2.62 bits per heavy atom. The van der Waals surface area contributed by atoms with Gasteiger partial charge in [-0.15, -0.1) is 0 Å². The fourth-order valence-electron chi connectivity index (χ4n) is 1.73. The van der Waals surface area contributed by atoms with Gasteiger partial charge in [0.2, 0.25) is 0 Å². The highest BCUT2D eigenvalue weighted by molar-refractivity contribution is 7.17. The van der Waals surface area contributed by atoms with E-state index in [-0.39, 0.29) is 5.91 Å². The first-order valence-corrected chi connectivity index (χ1v) is 6.88. The van der Waals surface area contributed by atoms with Crippen LogP contribution in [0.3, 0.4) is 0 Å². The number of benzene rings is 1. The van der Waals surface area contributed by atoms with Gasteiger partial charge in [-0.25, -0.2) is 9.78 Å². The molecule has 0 fully saturated rings. The summed E-state index contributed by atoms with van der Waals surface area (Å²) in [6.45, 7) is 1.68. The summed E-state index contributed by atoms with van der Waals surface area (Å²) in [5.74, 6) is -0.350. The average molecular weight is 306 g/mol. The highest BCUT2D eigenvalue weighted by atomic mass is 32.1. The molecule has 1 heterocycles. The first kappa shape index (κ1) is 15.0. The fraction of sp³-hybridized carbons (Fsp3) is 0.214. The van der Waals surface area contributed by atoms with Gasteiger partial charge in [-0.1, -0.05) is 23.5 Å². The highest BCUT2D eigenvalue weighted by Crippen LogP contribution is 2.25. The SMILES string of the molecule is COC(=O)c1sc(NC(=O)c2ccccc2OC)nc1C. The maximum absolute atomic E-state index is 12.2. The summed E-state index contributed by atoms with van der Waals surface area (Å²) >= 11 is 1.07. The van der Waals surface area contributed by atoms with E-state index >= 15 is 0 Å². The molecule has 2 rings (SSSR count). The molecule has 2 aromatic rings. The summed E-state index contributed by atoms with van der Waals surface area (Å²) in [7, 11) is 2.80. The number of nitrogens with zero attached hydrogens (tertiary/aromatic N) is 1. The molecule has 0 radical (unpaired) electrons. The lowest BCUT2D eigenvalue weighted by molar-refractivity contribution is 0.0605. The maximum atomic E-state index is 12.2. The molecular weight excluding hydrogens is 292 g/mol. The zero-order valence-electron chi connectivity index (χ0n) is 11.8. The zero-order chi connectivity index (χ0) is 15.4. The molecule has 0 saturated carbocycles. The lowest BCUT2D eigenvalue weighted by Gasteiger charge is -2.06. The summed E-state index contributed by atoms with van der Waals surface area (Å²) < 4.78 is 9.79. The molecule has 0 aliphatic rings. The molecule has 0 spiro atoms. The number of esters is 1. The number of aryl methyl sites for hydroxylation is 1. The monoisotopic (exact) mass is 306 g/mol. The van der Waals surface area contributed by atoms with Crippen molar-refractivity contribution in [2.45, 2.75) is 6.92 Å². The van der Waals surface area contributed by atoms with Gasteiger partial charge < -0.3 is 9.47 Å². The molecule has 1 N–H and O–H groups in total. The minimum atomic E-state index is -0.470. The number of nitrogens with one attached hydrogen (secondary N) is 1. The molecule has 0 aliphatic carbocycles. The van der Waals surface area contributed by atoms with Gasteiger partial charge in [0.25, 0.3) is 5.91 Å². The first-order chi connectivity index (χ1) is 10.1. The Bertz CT molecular complexity index is 681. The molecular formula is C14H14N2O4S. The van der Waals surface area contributed by atoms with Gasteiger partial charge in [0.15, 0.2) is 5.13 Å². The summed E-state index contributed by atoms with van der Waals surface area (Å²) in [6.07, 6.45) is 0. The van der Waals surface area contributed by atoms with E-state index in [1.807, 2.05) is 0 Å². The Labute approximate surface area is 125 Å². The summed E-state index contributed by atoms with van der Waals surface area (Å²) in [5.41, 5.74) is 0.912. The third kappa shape index (κ3) is 3.19. The molecule has 21 heavy (non-hydrogen) atoms. The third-order valence-electron chi connectivity index (χ3n) is 2.74. The number of methoxy groups -OCH3 is 2. The van der Waals surface area contributed by atoms with Crippen LogP contribution in [0.4, 0.5) is 5.13 Å². The van der Waals surface area contributed by atoms with Crippen molar-refractivity contribution in [2.75, 3.05) is 19.5 Å². The minimum Gasteiger partial charge on any atom is -0.496 e. The molecule has 0 saturated heterocycles. The quantitative estimate of drug-likeness (QED) is 0.878. The number of carbonyl (C=O) groups is 2. The van der Waals surface area contributed by atoms with E-state index in [1.165, 1.54) is 14.2 Å². The Hall–Kier alpha value is -2.41. The standard InChI is InChI=1S/C14H14N2O4S/c1-8-11(13(18)20-3)21-14(15-8)16-12(17)9-6-4-5-7-10(9)19-2/h4-7H,1-3H3,(H,15,16,17). The van der Waals surface area contributed by atoms with Crippen molar-refractivity contribution in [3.8, 4) is 5.75 Å². The van der Waals surface area contributed by atoms with Gasteiger partial charge >= 0.3 is 5.97 Å². The summed E-state index contributed by atoms with van der Waals surface area (Å²) in [6, 6.07) is 6.86. The molecule has 0 bridgehead atoms. The molecule has 1 aromatic carbocycles. The van der Waals surface area contributed by atoms with Crippen LogP contribution in [0.25, 0.3) is 0 Å². The second-order valence-electron chi connectivity index (χ2n) is 4.08. The fourth-order valence-corrected chi connectivity index (χ4v) is 2.61. The molecule has 0 atom stereocenters. The average Bonchev–Trinajstić information content (AvgIpc) is 2.86. The Balaban J connectivity index is 2.22. The van der Waals surface area contributed by atoms with E-state index in [1.54, 1.807) is 31.2 Å². The van der Waals surface area contributed by atoms with Crippen LogP contribution in [0.5, 0.6) is 5.75 Å². The number of anilines is 1. The number of aromatic nitrogens is 1. The van der Waals surface area contributed by atoms with Gasteiger partial charge in [-0.2, -0.15) is 0 Å². The van der Waals surface area contributed by atoms with E-state index in [2.05, 4.69) is 15.0 Å². The van der Waals surface area contributed by atoms with Crippen LogP contribution in [0.1, 0.15) is 25.7 Å². The third-order valence-corrected chi connectivity index (χ3v) is 3.79. The number of amides is 1. The zero-order valence-corrected chi connectivity index (χ0v) is 12.6. The van der Waals surface area contributed by atoms with E-state index in [4.69, 9.17) is 4.74 Å². The molecule has 110 valence electrons. The van der Waals surface area contributed by atoms with E-state index in [9.17, 15) is 9.59 Å². The van der Waals surface area contributed by atoms with Crippen molar-refractivity contribution >= 4 is 28.3 Å². The van der Waals surface area contributed by atoms with Crippen LogP contribution in [0, 0.1) is 6.92 Å². The summed E-state index contributed by atoms with van der Waals surface area (Å²) in [4.78, 5) is 28.2. The Kier molecular flexibility index (Phi) is 4.54. The normalized spacial score (nSPS) is 10.0. The van der Waals surface area contributed by atoms with Crippen LogP contribution in [0.2, 0.25) is 0 Å². The van der Waals surface area contributed by atoms with Crippen LogP contribution in [-0.4, -0.2) is 31.1 Å². The van der Waals surface area contributed by atoms with Crippen molar-refractivity contribution < 1.29 is 19.1 Å². The predicted octanol–water partition coefficient (Wildman–Crippen LogP) is 2.50. The molecule has 0 unspecified atom stereocenters. The second kappa shape index (κ2) is 6.36. The van der Waals surface area contributed by atoms with Crippen LogP contribution >= 0.6 is 11.3 Å². The number of hydrogen-bond acceptors (Lipinski definition) is 6. The molecule has 1 amide bonds. The van der Waals surface area contributed by atoms with Gasteiger partial charge in [-0.3, -0.25) is 10.1 Å². The van der Waals surface area contributed by atoms with E-state index < -0.39 is 5.97 Å². The second-order valence-corrected chi connectivity index (χ2v) is 5.08. The number of hydrogen-bond donors (Lipinski definition) is 1. The number of thiazole rings is 1. The van der Waals surface area contributed by atoms with Crippen LogP contribution in [0.15, 0.2) is 24.3 Å². The molecule has 0 aliphatic heterocycles. The number of para-hydroxylation sites is 1. The maximum Gasteiger partial charge on any atom is 0.350 e. The van der Waals surface area contributed by atoms with Crippen molar-refractivity contribution in [1.82, 2.24) is 4.98 Å². The largest absolute Gasteiger partial charge is 0.496 e. The number of rotatable bonds is 4. The lowest BCUT2D eigenvalue weighted by atomic mass is 10.2. The molecule has 7 heteroatoms. The van der Waals surface area contributed by atoms with Gasteiger partial charge in [-0.05, 0) is 19.1 Å². The number of ether oxygens (including phenoxy) is 2. The van der Waals surface area contributed by atoms with E-state index in [0.717, 1.165) is 11.3 Å². The lowest BCUT2D eigenvalue weighted by Crippen LogP contribution is -2.12.